The predicted molar refractivity (Wildman–Crippen MR) is 73.7 cm³/mol. The van der Waals surface area contributed by atoms with Crippen LogP contribution in [0.2, 0.25) is 0 Å². The van der Waals surface area contributed by atoms with Crippen LogP contribution < -0.4 is 0 Å². The van der Waals surface area contributed by atoms with Gasteiger partial charge in [0.2, 0.25) is 0 Å². The summed E-state index contributed by atoms with van der Waals surface area (Å²) < 4.78 is 18.7. The highest BCUT2D eigenvalue weighted by Gasteiger charge is 2.21. The Kier molecular flexibility index (Phi) is 4.08. The van der Waals surface area contributed by atoms with Crippen LogP contribution in [0.3, 0.4) is 0 Å². The Morgan fingerprint density at radius 3 is 2.95 bits per heavy atom. The summed E-state index contributed by atoms with van der Waals surface area (Å²) in [5, 5.41) is 0. The fourth-order valence-electron chi connectivity index (χ4n) is 2.53. The van der Waals surface area contributed by atoms with E-state index in [4.69, 9.17) is 4.74 Å². The number of halogens is 1. The van der Waals surface area contributed by atoms with Crippen molar-refractivity contribution in [1.29, 1.82) is 0 Å². The van der Waals surface area contributed by atoms with Gasteiger partial charge in [-0.25, -0.2) is 9.37 Å². The van der Waals surface area contributed by atoms with Crippen LogP contribution in [-0.4, -0.2) is 40.7 Å². The van der Waals surface area contributed by atoms with Crippen LogP contribution in [0.25, 0.3) is 0 Å². The van der Waals surface area contributed by atoms with Gasteiger partial charge in [-0.1, -0.05) is 12.1 Å². The molecule has 0 aliphatic carbocycles. The van der Waals surface area contributed by atoms with Gasteiger partial charge in [-0.05, 0) is 24.1 Å². The van der Waals surface area contributed by atoms with E-state index >= 15 is 0 Å². The molecule has 1 fully saturated rings. The standard InChI is InChI=1S/C15H18FN3O/c16-13-3-1-12(2-4-13)9-14-10-19(7-8-20-14)11-15-17-5-6-18-15/h1-6,14H,7-11H2,(H,17,18). The third-order valence-corrected chi connectivity index (χ3v) is 3.53. The third-order valence-electron chi connectivity index (χ3n) is 3.53. The molecule has 2 heterocycles. The van der Waals surface area contributed by atoms with Gasteiger partial charge in [-0.15, -0.1) is 0 Å². The molecule has 0 bridgehead atoms. The summed E-state index contributed by atoms with van der Waals surface area (Å²) in [6.45, 7) is 3.33. The van der Waals surface area contributed by atoms with Gasteiger partial charge in [0.05, 0.1) is 19.3 Å². The van der Waals surface area contributed by atoms with Crippen LogP contribution in [0, 0.1) is 5.82 Å². The first-order valence-electron chi connectivity index (χ1n) is 6.86. The average Bonchev–Trinajstić information content (AvgIpc) is 2.95. The van der Waals surface area contributed by atoms with E-state index in [9.17, 15) is 4.39 Å². The number of nitrogens with one attached hydrogen (secondary N) is 1. The van der Waals surface area contributed by atoms with Crippen molar-refractivity contribution in [2.24, 2.45) is 0 Å². The Balaban J connectivity index is 1.56. The molecular formula is C15H18FN3O. The summed E-state index contributed by atoms with van der Waals surface area (Å²) in [4.78, 5) is 9.70. The first-order valence-corrected chi connectivity index (χ1v) is 6.86. The van der Waals surface area contributed by atoms with Crippen LogP contribution in [-0.2, 0) is 17.7 Å². The number of hydrogen-bond acceptors (Lipinski definition) is 3. The molecule has 0 saturated carbocycles. The molecule has 1 aromatic carbocycles. The maximum absolute atomic E-state index is 12.9. The monoisotopic (exact) mass is 275 g/mol. The van der Waals surface area contributed by atoms with E-state index in [0.717, 1.165) is 44.0 Å². The highest BCUT2D eigenvalue weighted by Crippen LogP contribution is 2.13. The summed E-state index contributed by atoms with van der Waals surface area (Å²) in [5.74, 6) is 0.783. The minimum atomic E-state index is -0.197. The number of ether oxygens (including phenoxy) is 1. The SMILES string of the molecule is Fc1ccc(CC2CN(Cc3ncc[nH]3)CCO2)cc1. The van der Waals surface area contributed by atoms with Crippen molar-refractivity contribution in [3.8, 4) is 0 Å². The van der Waals surface area contributed by atoms with E-state index in [2.05, 4.69) is 14.9 Å². The van der Waals surface area contributed by atoms with Crippen LogP contribution >= 0.6 is 0 Å². The maximum Gasteiger partial charge on any atom is 0.123 e. The molecule has 0 spiro atoms. The number of aromatic amines is 1. The normalized spacial score (nSPS) is 20.1. The number of aromatic nitrogens is 2. The van der Waals surface area contributed by atoms with E-state index in [0.29, 0.717) is 0 Å². The third kappa shape index (κ3) is 3.43. The molecule has 0 amide bonds. The lowest BCUT2D eigenvalue weighted by Crippen LogP contribution is -2.43. The summed E-state index contributed by atoms with van der Waals surface area (Å²) in [5.41, 5.74) is 1.11. The first kappa shape index (κ1) is 13.3. The molecule has 5 heteroatoms. The van der Waals surface area contributed by atoms with Gasteiger partial charge in [0.1, 0.15) is 11.6 Å². The lowest BCUT2D eigenvalue weighted by atomic mass is 10.1. The van der Waals surface area contributed by atoms with E-state index in [1.165, 1.54) is 12.1 Å². The minimum Gasteiger partial charge on any atom is -0.375 e. The zero-order valence-corrected chi connectivity index (χ0v) is 11.3. The molecule has 1 atom stereocenters. The second-order valence-electron chi connectivity index (χ2n) is 5.09. The van der Waals surface area contributed by atoms with Gasteiger partial charge >= 0.3 is 0 Å². The van der Waals surface area contributed by atoms with Crippen LogP contribution in [0.5, 0.6) is 0 Å². The molecule has 3 rings (SSSR count). The molecule has 1 aliphatic rings. The highest BCUT2D eigenvalue weighted by molar-refractivity contribution is 5.17. The quantitative estimate of drug-likeness (QED) is 0.928. The van der Waals surface area contributed by atoms with Gasteiger partial charge in [0, 0.05) is 25.5 Å². The van der Waals surface area contributed by atoms with Gasteiger partial charge in [-0.3, -0.25) is 4.90 Å². The van der Waals surface area contributed by atoms with Crippen LogP contribution in [0.15, 0.2) is 36.7 Å². The maximum atomic E-state index is 12.9. The van der Waals surface area contributed by atoms with E-state index < -0.39 is 0 Å². The first-order chi connectivity index (χ1) is 9.79. The van der Waals surface area contributed by atoms with Crippen molar-refractivity contribution < 1.29 is 9.13 Å². The molecule has 4 nitrogen and oxygen atoms in total. The summed E-state index contributed by atoms with van der Waals surface area (Å²) >= 11 is 0. The van der Waals surface area contributed by atoms with Crippen molar-refractivity contribution in [3.05, 3.63) is 53.9 Å². The van der Waals surface area contributed by atoms with Crippen LogP contribution in [0.1, 0.15) is 11.4 Å². The Bertz CT molecular complexity index is 527. The van der Waals surface area contributed by atoms with Gasteiger partial charge < -0.3 is 9.72 Å². The molecule has 1 aliphatic heterocycles. The number of rotatable bonds is 4. The van der Waals surface area contributed by atoms with Crippen molar-refractivity contribution in [2.45, 2.75) is 19.1 Å². The molecule has 2 aromatic rings. The number of morpholine rings is 1. The van der Waals surface area contributed by atoms with Crippen molar-refractivity contribution in [1.82, 2.24) is 14.9 Å². The Labute approximate surface area is 117 Å². The smallest absolute Gasteiger partial charge is 0.123 e. The van der Waals surface area contributed by atoms with Crippen LogP contribution in [0.4, 0.5) is 4.39 Å². The number of nitrogens with zero attached hydrogens (tertiary/aromatic N) is 2. The summed E-state index contributed by atoms with van der Waals surface area (Å²) in [6, 6.07) is 6.64. The lowest BCUT2D eigenvalue weighted by molar-refractivity contribution is -0.0311. The lowest BCUT2D eigenvalue weighted by Gasteiger charge is -2.32. The fourth-order valence-corrected chi connectivity index (χ4v) is 2.53. The molecule has 20 heavy (non-hydrogen) atoms. The molecule has 1 N–H and O–H groups in total. The van der Waals surface area contributed by atoms with Crippen molar-refractivity contribution in [2.75, 3.05) is 19.7 Å². The van der Waals surface area contributed by atoms with Gasteiger partial charge in [0.15, 0.2) is 0 Å². The zero-order valence-electron chi connectivity index (χ0n) is 11.3. The summed E-state index contributed by atoms with van der Waals surface area (Å²) in [7, 11) is 0. The Hall–Kier alpha value is -1.72. The minimum absolute atomic E-state index is 0.157. The Morgan fingerprint density at radius 2 is 2.20 bits per heavy atom. The van der Waals surface area contributed by atoms with Crippen molar-refractivity contribution >= 4 is 0 Å². The highest BCUT2D eigenvalue weighted by atomic mass is 19.1. The zero-order chi connectivity index (χ0) is 13.8. The van der Waals surface area contributed by atoms with Crippen molar-refractivity contribution in [3.63, 3.8) is 0 Å². The largest absolute Gasteiger partial charge is 0.375 e. The number of imidazole rings is 1. The number of hydrogen-bond donors (Lipinski definition) is 1. The van der Waals surface area contributed by atoms with Gasteiger partial charge in [-0.2, -0.15) is 0 Å². The second-order valence-corrected chi connectivity index (χ2v) is 5.09. The van der Waals surface area contributed by atoms with E-state index in [1.54, 1.807) is 6.20 Å². The molecule has 0 radical (unpaired) electrons. The molecule has 1 aromatic heterocycles. The average molecular weight is 275 g/mol. The molecule has 1 unspecified atom stereocenters. The molecular weight excluding hydrogens is 257 g/mol. The van der Waals surface area contributed by atoms with E-state index in [-0.39, 0.29) is 11.9 Å². The fraction of sp³-hybridized carbons (Fsp3) is 0.400. The number of benzene rings is 1. The van der Waals surface area contributed by atoms with E-state index in [1.807, 2.05) is 18.3 Å². The molecule has 1 saturated heterocycles. The van der Waals surface area contributed by atoms with Gasteiger partial charge in [0.25, 0.3) is 0 Å². The molecule has 106 valence electrons. The topological polar surface area (TPSA) is 41.2 Å². The Morgan fingerprint density at radius 1 is 1.35 bits per heavy atom. The second kappa shape index (κ2) is 6.15. The summed E-state index contributed by atoms with van der Waals surface area (Å²) in [6.07, 6.45) is 4.58. The predicted octanol–water partition coefficient (Wildman–Crippen LogP) is 1.99. The number of H-pyrrole nitrogens is 1.